The van der Waals surface area contributed by atoms with Gasteiger partial charge in [-0.2, -0.15) is 0 Å². The molecule has 0 radical (unpaired) electrons. The first-order valence-electron chi connectivity index (χ1n) is 5.17. The molecule has 5 heteroatoms. The second-order valence-corrected chi connectivity index (χ2v) is 6.42. The molecule has 0 aromatic rings. The Hall–Kier alpha value is -0.130. The monoisotopic (exact) mass is 219 g/mol. The van der Waals surface area contributed by atoms with Crippen LogP contribution in [0.5, 0.6) is 0 Å². The van der Waals surface area contributed by atoms with Crippen molar-refractivity contribution < 1.29 is 13.2 Å². The molecule has 0 aliphatic carbocycles. The summed E-state index contributed by atoms with van der Waals surface area (Å²) in [6.45, 7) is 2.61. The van der Waals surface area contributed by atoms with Gasteiger partial charge in [0.25, 0.3) is 0 Å². The summed E-state index contributed by atoms with van der Waals surface area (Å²) in [5.74, 6) is 1.22. The van der Waals surface area contributed by atoms with Gasteiger partial charge in [-0.1, -0.05) is 0 Å². The normalized spacial score (nSPS) is 32.4. The van der Waals surface area contributed by atoms with E-state index in [0.29, 0.717) is 17.4 Å². The van der Waals surface area contributed by atoms with Gasteiger partial charge < -0.3 is 10.1 Å². The first-order valence-corrected chi connectivity index (χ1v) is 6.99. The van der Waals surface area contributed by atoms with Crippen LogP contribution < -0.4 is 5.32 Å². The van der Waals surface area contributed by atoms with E-state index in [9.17, 15) is 8.42 Å². The zero-order chi connectivity index (χ0) is 10.0. The predicted molar refractivity (Wildman–Crippen MR) is 54.0 cm³/mol. The standard InChI is InChI=1S/C9H17NO3S/c11-14(12)6-9(7-14)10-4-8-2-1-3-13-5-8/h8-10H,1-7H2. The van der Waals surface area contributed by atoms with Crippen LogP contribution in [0.3, 0.4) is 0 Å². The molecule has 2 rings (SSSR count). The molecular weight excluding hydrogens is 202 g/mol. The molecule has 1 unspecified atom stereocenters. The fourth-order valence-corrected chi connectivity index (χ4v) is 3.35. The van der Waals surface area contributed by atoms with Crippen LogP contribution in [0.1, 0.15) is 12.8 Å². The van der Waals surface area contributed by atoms with E-state index in [1.165, 1.54) is 6.42 Å². The maximum atomic E-state index is 10.9. The molecule has 2 saturated heterocycles. The van der Waals surface area contributed by atoms with Gasteiger partial charge >= 0.3 is 0 Å². The van der Waals surface area contributed by atoms with Gasteiger partial charge in [0.1, 0.15) is 0 Å². The van der Waals surface area contributed by atoms with E-state index >= 15 is 0 Å². The average molecular weight is 219 g/mol. The zero-order valence-electron chi connectivity index (χ0n) is 8.24. The third-order valence-corrected chi connectivity index (χ3v) is 4.68. The molecule has 2 aliphatic heterocycles. The number of hydrogen-bond acceptors (Lipinski definition) is 4. The molecule has 0 amide bonds. The molecule has 0 aromatic heterocycles. The van der Waals surface area contributed by atoms with E-state index in [-0.39, 0.29) is 6.04 Å². The molecule has 0 bridgehead atoms. The SMILES string of the molecule is O=S1(=O)CC(NCC2CCCOC2)C1. The lowest BCUT2D eigenvalue weighted by molar-refractivity contribution is 0.0541. The van der Waals surface area contributed by atoms with Gasteiger partial charge in [-0.25, -0.2) is 8.42 Å². The van der Waals surface area contributed by atoms with Crippen molar-refractivity contribution in [1.29, 1.82) is 0 Å². The maximum absolute atomic E-state index is 10.9. The summed E-state index contributed by atoms with van der Waals surface area (Å²) in [5, 5.41) is 3.29. The zero-order valence-corrected chi connectivity index (χ0v) is 9.05. The first-order chi connectivity index (χ1) is 6.66. The molecule has 0 spiro atoms. The summed E-state index contributed by atoms with van der Waals surface area (Å²) in [5.41, 5.74) is 0. The number of rotatable bonds is 3. The molecule has 2 aliphatic rings. The molecule has 0 aromatic carbocycles. The van der Waals surface area contributed by atoms with E-state index in [0.717, 1.165) is 26.2 Å². The maximum Gasteiger partial charge on any atom is 0.153 e. The van der Waals surface area contributed by atoms with Crippen LogP contribution in [-0.4, -0.2) is 45.7 Å². The van der Waals surface area contributed by atoms with Crippen LogP contribution in [0.4, 0.5) is 0 Å². The van der Waals surface area contributed by atoms with Crippen LogP contribution in [0, 0.1) is 5.92 Å². The largest absolute Gasteiger partial charge is 0.381 e. The van der Waals surface area contributed by atoms with Crippen molar-refractivity contribution in [2.75, 3.05) is 31.3 Å². The third-order valence-electron chi connectivity index (χ3n) is 2.86. The molecule has 82 valence electrons. The van der Waals surface area contributed by atoms with Crippen molar-refractivity contribution in [2.45, 2.75) is 18.9 Å². The minimum Gasteiger partial charge on any atom is -0.381 e. The van der Waals surface area contributed by atoms with Crippen molar-refractivity contribution >= 4 is 9.84 Å². The van der Waals surface area contributed by atoms with Gasteiger partial charge in [0.15, 0.2) is 9.84 Å². The number of nitrogens with one attached hydrogen (secondary N) is 1. The van der Waals surface area contributed by atoms with E-state index in [1.54, 1.807) is 0 Å². The van der Waals surface area contributed by atoms with Crippen LogP contribution in [-0.2, 0) is 14.6 Å². The minimum atomic E-state index is -2.68. The lowest BCUT2D eigenvalue weighted by Crippen LogP contribution is -2.52. The fourth-order valence-electron chi connectivity index (χ4n) is 1.98. The predicted octanol–water partition coefficient (Wildman–Crippen LogP) is -0.200. The van der Waals surface area contributed by atoms with Gasteiger partial charge in [0.2, 0.25) is 0 Å². The Morgan fingerprint density at radius 3 is 2.71 bits per heavy atom. The summed E-state index contributed by atoms with van der Waals surface area (Å²) >= 11 is 0. The molecule has 14 heavy (non-hydrogen) atoms. The summed E-state index contributed by atoms with van der Waals surface area (Å²) in [6, 6.07) is 0.196. The summed E-state index contributed by atoms with van der Waals surface area (Å²) in [7, 11) is -2.68. The minimum absolute atomic E-state index is 0.196. The lowest BCUT2D eigenvalue weighted by atomic mass is 10.0. The summed E-state index contributed by atoms with van der Waals surface area (Å²) in [6.07, 6.45) is 2.34. The quantitative estimate of drug-likeness (QED) is 0.714. The third kappa shape index (κ3) is 2.68. The number of hydrogen-bond donors (Lipinski definition) is 1. The van der Waals surface area contributed by atoms with E-state index < -0.39 is 9.84 Å². The second kappa shape index (κ2) is 4.16. The molecule has 0 saturated carbocycles. The smallest absolute Gasteiger partial charge is 0.153 e. The van der Waals surface area contributed by atoms with E-state index in [2.05, 4.69) is 5.32 Å². The fraction of sp³-hybridized carbons (Fsp3) is 1.00. The number of sulfone groups is 1. The van der Waals surface area contributed by atoms with Crippen molar-refractivity contribution in [3.63, 3.8) is 0 Å². The van der Waals surface area contributed by atoms with Gasteiger partial charge in [0.05, 0.1) is 18.1 Å². The molecule has 4 nitrogen and oxygen atoms in total. The molecule has 1 atom stereocenters. The highest BCUT2D eigenvalue weighted by Crippen LogP contribution is 2.15. The molecule has 1 N–H and O–H groups in total. The van der Waals surface area contributed by atoms with E-state index in [1.807, 2.05) is 0 Å². The van der Waals surface area contributed by atoms with Crippen molar-refractivity contribution in [3.05, 3.63) is 0 Å². The second-order valence-electron chi connectivity index (χ2n) is 4.27. The van der Waals surface area contributed by atoms with Crippen molar-refractivity contribution in [2.24, 2.45) is 5.92 Å². The van der Waals surface area contributed by atoms with Gasteiger partial charge in [0, 0.05) is 19.2 Å². The Morgan fingerprint density at radius 1 is 1.36 bits per heavy atom. The van der Waals surface area contributed by atoms with Gasteiger partial charge in [-0.05, 0) is 18.8 Å². The Labute approximate surface area is 84.9 Å². The van der Waals surface area contributed by atoms with Crippen LogP contribution in [0.25, 0.3) is 0 Å². The first kappa shape index (κ1) is 10.4. The molecule has 2 fully saturated rings. The summed E-state index contributed by atoms with van der Waals surface area (Å²) < 4.78 is 27.1. The van der Waals surface area contributed by atoms with Gasteiger partial charge in [-0.15, -0.1) is 0 Å². The Bertz CT molecular complexity index is 270. The van der Waals surface area contributed by atoms with E-state index in [4.69, 9.17) is 4.74 Å². The Morgan fingerprint density at radius 2 is 2.14 bits per heavy atom. The summed E-state index contributed by atoms with van der Waals surface area (Å²) in [4.78, 5) is 0. The van der Waals surface area contributed by atoms with Crippen LogP contribution in [0.2, 0.25) is 0 Å². The lowest BCUT2D eigenvalue weighted by Gasteiger charge is -2.30. The van der Waals surface area contributed by atoms with Gasteiger partial charge in [-0.3, -0.25) is 0 Å². The van der Waals surface area contributed by atoms with Crippen molar-refractivity contribution in [3.8, 4) is 0 Å². The van der Waals surface area contributed by atoms with Crippen LogP contribution in [0.15, 0.2) is 0 Å². The van der Waals surface area contributed by atoms with Crippen LogP contribution >= 0.6 is 0 Å². The van der Waals surface area contributed by atoms with Crippen molar-refractivity contribution in [1.82, 2.24) is 5.32 Å². The highest BCUT2D eigenvalue weighted by atomic mass is 32.2. The molecular formula is C9H17NO3S. The average Bonchev–Trinajstić information content (AvgIpc) is 2.13. The molecule has 2 heterocycles. The Kier molecular flexibility index (Phi) is 3.09. The highest BCUT2D eigenvalue weighted by molar-refractivity contribution is 7.92. The Balaban J connectivity index is 1.63. The number of ether oxygens (including phenoxy) is 1. The highest BCUT2D eigenvalue weighted by Gasteiger charge is 2.33. The topological polar surface area (TPSA) is 55.4 Å².